The Balaban J connectivity index is 2.00. The number of fused-ring (bicyclic) bond motifs is 3. The Morgan fingerprint density at radius 2 is 0.793 bits per heavy atom. The van der Waals surface area contributed by atoms with Crippen molar-refractivity contribution in [1.82, 2.24) is 0 Å². The first kappa shape index (κ1) is 17.9. The van der Waals surface area contributed by atoms with E-state index in [2.05, 4.69) is 113 Å². The number of rotatable bonds is 2. The first-order valence-corrected chi connectivity index (χ1v) is 10.4. The molecule has 1 aliphatic rings. The van der Waals surface area contributed by atoms with Crippen molar-refractivity contribution in [2.75, 3.05) is 0 Å². The highest BCUT2D eigenvalue weighted by atomic mass is 14.5. The minimum absolute atomic E-state index is 0.291. The van der Waals surface area contributed by atoms with Gasteiger partial charge in [-0.05, 0) is 61.1 Å². The fourth-order valence-corrected chi connectivity index (χ4v) is 5.41. The quantitative estimate of drug-likeness (QED) is 0.304. The van der Waals surface area contributed by atoms with Crippen LogP contribution in [-0.2, 0) is 5.41 Å². The molecule has 0 bridgehead atoms. The van der Waals surface area contributed by atoms with Gasteiger partial charge in [-0.1, -0.05) is 107 Å². The third kappa shape index (κ3) is 2.59. The zero-order valence-corrected chi connectivity index (χ0v) is 17.6. The highest BCUT2D eigenvalue weighted by molar-refractivity contribution is 5.86. The van der Waals surface area contributed by atoms with Gasteiger partial charge in [0.15, 0.2) is 0 Å². The summed E-state index contributed by atoms with van der Waals surface area (Å²) in [4.78, 5) is 0. The zero-order valence-electron chi connectivity index (χ0n) is 17.6. The molecule has 29 heavy (non-hydrogen) atoms. The Labute approximate surface area is 173 Å². The van der Waals surface area contributed by atoms with Crippen LogP contribution in [0.3, 0.4) is 0 Å². The van der Waals surface area contributed by atoms with Crippen LogP contribution in [0.1, 0.15) is 44.5 Å². The van der Waals surface area contributed by atoms with Crippen LogP contribution in [-0.4, -0.2) is 0 Å². The minimum atomic E-state index is -0.291. The van der Waals surface area contributed by atoms with E-state index in [1.165, 1.54) is 55.6 Å². The summed E-state index contributed by atoms with van der Waals surface area (Å²) in [6.07, 6.45) is 0. The lowest BCUT2D eigenvalue weighted by molar-refractivity contribution is 0.763. The van der Waals surface area contributed by atoms with E-state index in [1.54, 1.807) is 0 Å². The molecule has 0 heterocycles. The van der Waals surface area contributed by atoms with E-state index >= 15 is 0 Å². The molecule has 0 aliphatic heterocycles. The van der Waals surface area contributed by atoms with E-state index < -0.39 is 0 Å². The summed E-state index contributed by atoms with van der Waals surface area (Å²) in [6, 6.07) is 32.0. The van der Waals surface area contributed by atoms with Gasteiger partial charge in [-0.25, -0.2) is 0 Å². The van der Waals surface area contributed by atoms with Crippen molar-refractivity contribution in [3.63, 3.8) is 0 Å². The van der Waals surface area contributed by atoms with Crippen LogP contribution < -0.4 is 0 Å². The maximum atomic E-state index is 2.38. The third-order valence-electron chi connectivity index (χ3n) is 6.26. The van der Waals surface area contributed by atoms with Gasteiger partial charge in [0.05, 0.1) is 5.41 Å². The molecule has 5 rings (SSSR count). The van der Waals surface area contributed by atoms with Crippen LogP contribution in [0.2, 0.25) is 0 Å². The second-order valence-corrected chi connectivity index (χ2v) is 8.59. The van der Waals surface area contributed by atoms with E-state index in [0.717, 1.165) is 0 Å². The fourth-order valence-electron chi connectivity index (χ4n) is 5.41. The summed E-state index contributed by atoms with van der Waals surface area (Å²) < 4.78 is 0. The van der Waals surface area contributed by atoms with Crippen LogP contribution in [0.25, 0.3) is 11.1 Å². The van der Waals surface area contributed by atoms with Crippen LogP contribution in [0.4, 0.5) is 0 Å². The number of aryl methyl sites for hydroxylation is 4. The Morgan fingerprint density at radius 3 is 1.17 bits per heavy atom. The molecule has 0 nitrogen and oxygen atoms in total. The SMILES string of the molecule is Cc1cc(C)cc(C2(c3cc(C)cc(C)c3)c3ccccc3-c3ccccc32)c1. The molecule has 0 N–H and O–H groups in total. The smallest absolute Gasteiger partial charge is 0.0619 e. The molecule has 0 fully saturated rings. The normalized spacial score (nSPS) is 13.8. The topological polar surface area (TPSA) is 0 Å². The fraction of sp³-hybridized carbons (Fsp3) is 0.172. The third-order valence-corrected chi connectivity index (χ3v) is 6.26. The number of hydrogen-bond donors (Lipinski definition) is 0. The van der Waals surface area contributed by atoms with Crippen molar-refractivity contribution in [3.8, 4) is 11.1 Å². The van der Waals surface area contributed by atoms with Gasteiger partial charge in [-0.3, -0.25) is 0 Å². The molecule has 1 aliphatic carbocycles. The molecule has 0 atom stereocenters. The molecule has 0 saturated heterocycles. The molecule has 0 amide bonds. The second kappa shape index (κ2) is 6.46. The second-order valence-electron chi connectivity index (χ2n) is 8.59. The van der Waals surface area contributed by atoms with Crippen LogP contribution in [0, 0.1) is 27.7 Å². The van der Waals surface area contributed by atoms with Gasteiger partial charge in [-0.2, -0.15) is 0 Å². The summed E-state index contributed by atoms with van der Waals surface area (Å²) in [5.41, 5.74) is 13.1. The lowest BCUT2D eigenvalue weighted by Gasteiger charge is -2.35. The van der Waals surface area contributed by atoms with Crippen molar-refractivity contribution >= 4 is 0 Å². The van der Waals surface area contributed by atoms with Crippen molar-refractivity contribution in [3.05, 3.63) is 129 Å². The van der Waals surface area contributed by atoms with Crippen molar-refractivity contribution in [1.29, 1.82) is 0 Å². The standard InChI is InChI=1S/C29H26/c1-19-13-20(2)16-23(15-19)29(24-17-21(3)14-22(4)18-24)27-11-7-5-9-25(27)26-10-6-8-12-28(26)29/h5-18H,1-4H3. The largest absolute Gasteiger partial charge is 0.0713 e. The lowest BCUT2D eigenvalue weighted by atomic mass is 9.66. The van der Waals surface area contributed by atoms with Gasteiger partial charge in [0.1, 0.15) is 0 Å². The van der Waals surface area contributed by atoms with Gasteiger partial charge in [-0.15, -0.1) is 0 Å². The van der Waals surface area contributed by atoms with Crippen molar-refractivity contribution in [2.24, 2.45) is 0 Å². The van der Waals surface area contributed by atoms with E-state index in [-0.39, 0.29) is 5.41 Å². The van der Waals surface area contributed by atoms with Gasteiger partial charge < -0.3 is 0 Å². The van der Waals surface area contributed by atoms with Crippen LogP contribution in [0.5, 0.6) is 0 Å². The van der Waals surface area contributed by atoms with Crippen molar-refractivity contribution < 1.29 is 0 Å². The zero-order chi connectivity index (χ0) is 20.2. The molecule has 0 spiro atoms. The highest BCUT2D eigenvalue weighted by Crippen LogP contribution is 2.56. The first-order chi connectivity index (χ1) is 14.0. The minimum Gasteiger partial charge on any atom is -0.0619 e. The molecule has 0 saturated carbocycles. The van der Waals surface area contributed by atoms with E-state index in [9.17, 15) is 0 Å². The first-order valence-electron chi connectivity index (χ1n) is 10.4. The highest BCUT2D eigenvalue weighted by Gasteiger charge is 2.46. The summed E-state index contributed by atoms with van der Waals surface area (Å²) in [7, 11) is 0. The van der Waals surface area contributed by atoms with Gasteiger partial charge in [0.2, 0.25) is 0 Å². The Kier molecular flexibility index (Phi) is 3.99. The maximum absolute atomic E-state index is 2.38. The van der Waals surface area contributed by atoms with Gasteiger partial charge in [0, 0.05) is 0 Å². The predicted octanol–water partition coefficient (Wildman–Crippen LogP) is 7.28. The van der Waals surface area contributed by atoms with Crippen molar-refractivity contribution in [2.45, 2.75) is 33.1 Å². The molecule has 0 radical (unpaired) electrons. The Hall–Kier alpha value is -3.12. The summed E-state index contributed by atoms with van der Waals surface area (Å²) in [5.74, 6) is 0. The van der Waals surface area contributed by atoms with Gasteiger partial charge >= 0.3 is 0 Å². The van der Waals surface area contributed by atoms with Gasteiger partial charge in [0.25, 0.3) is 0 Å². The van der Waals surface area contributed by atoms with E-state index in [4.69, 9.17) is 0 Å². The van der Waals surface area contributed by atoms with E-state index in [1.807, 2.05) is 0 Å². The molecule has 0 unspecified atom stereocenters. The monoisotopic (exact) mass is 374 g/mol. The lowest BCUT2D eigenvalue weighted by Crippen LogP contribution is -2.29. The van der Waals surface area contributed by atoms with Crippen LogP contribution in [0.15, 0.2) is 84.9 Å². The average molecular weight is 375 g/mol. The maximum Gasteiger partial charge on any atom is 0.0713 e. The number of hydrogen-bond acceptors (Lipinski definition) is 0. The molecule has 4 aromatic carbocycles. The molecule has 0 heteroatoms. The van der Waals surface area contributed by atoms with Crippen LogP contribution >= 0.6 is 0 Å². The predicted molar refractivity (Wildman–Crippen MR) is 123 cm³/mol. The average Bonchev–Trinajstić information content (AvgIpc) is 2.98. The molecule has 142 valence electrons. The Bertz CT molecular complexity index is 1100. The Morgan fingerprint density at radius 1 is 0.448 bits per heavy atom. The summed E-state index contributed by atoms with van der Waals surface area (Å²) >= 11 is 0. The summed E-state index contributed by atoms with van der Waals surface area (Å²) in [6.45, 7) is 8.83. The molecule has 4 aromatic rings. The van der Waals surface area contributed by atoms with E-state index in [0.29, 0.717) is 0 Å². The number of benzene rings is 4. The molecule has 0 aromatic heterocycles. The summed E-state index contributed by atoms with van der Waals surface area (Å²) in [5, 5.41) is 0. The molecular weight excluding hydrogens is 348 g/mol. The molecular formula is C29H26.